The Labute approximate surface area is 175 Å². The fraction of sp³-hybridized carbons (Fsp3) is 0.375. The van der Waals surface area contributed by atoms with Crippen molar-refractivity contribution in [3.63, 3.8) is 0 Å². The number of methoxy groups -OCH3 is 2. The molecule has 6 nitrogen and oxygen atoms in total. The zero-order chi connectivity index (χ0) is 20.7. The monoisotopic (exact) mass is 407 g/mol. The normalized spacial score (nSPS) is 15.9. The van der Waals surface area contributed by atoms with Crippen molar-refractivity contribution in [1.82, 2.24) is 4.90 Å². The first-order chi connectivity index (χ1) is 14.7. The minimum absolute atomic E-state index is 0.192. The maximum absolute atomic E-state index is 12.6. The van der Waals surface area contributed by atoms with E-state index in [1.54, 1.807) is 14.2 Å². The van der Waals surface area contributed by atoms with Crippen LogP contribution in [0, 0.1) is 0 Å². The van der Waals surface area contributed by atoms with Gasteiger partial charge in [0.2, 0.25) is 0 Å². The summed E-state index contributed by atoms with van der Waals surface area (Å²) < 4.78 is 22.6. The second kappa shape index (κ2) is 7.69. The lowest BCUT2D eigenvalue weighted by atomic mass is 9.90. The summed E-state index contributed by atoms with van der Waals surface area (Å²) in [5.74, 6) is 2.21. The van der Waals surface area contributed by atoms with Crippen LogP contribution in [-0.2, 0) is 25.9 Å². The minimum atomic E-state index is -0.192. The van der Waals surface area contributed by atoms with E-state index in [1.807, 2.05) is 30.3 Å². The van der Waals surface area contributed by atoms with Crippen molar-refractivity contribution in [3.8, 4) is 17.2 Å². The average molecular weight is 407 g/mol. The number of aryl methyl sites for hydroxylation is 1. The van der Waals surface area contributed by atoms with E-state index in [1.165, 1.54) is 0 Å². The summed E-state index contributed by atoms with van der Waals surface area (Å²) in [6.45, 7) is 1.82. The van der Waals surface area contributed by atoms with Crippen LogP contribution in [0.3, 0.4) is 0 Å². The van der Waals surface area contributed by atoms with Crippen molar-refractivity contribution in [3.05, 3.63) is 63.0 Å². The fourth-order valence-corrected chi connectivity index (χ4v) is 4.60. The van der Waals surface area contributed by atoms with Crippen LogP contribution in [0.4, 0.5) is 0 Å². The molecular formula is C24H25NO5. The number of fused-ring (bicyclic) bond motifs is 5. The molecule has 0 amide bonds. The van der Waals surface area contributed by atoms with Gasteiger partial charge in [-0.05, 0) is 61.1 Å². The highest BCUT2D eigenvalue weighted by Gasteiger charge is 2.25. The molecule has 5 rings (SSSR count). The van der Waals surface area contributed by atoms with Crippen molar-refractivity contribution in [2.24, 2.45) is 0 Å². The van der Waals surface area contributed by atoms with Crippen molar-refractivity contribution in [2.75, 3.05) is 21.0 Å². The highest BCUT2D eigenvalue weighted by Crippen LogP contribution is 2.36. The Bertz CT molecular complexity index is 1170. The number of hydrogen-bond acceptors (Lipinski definition) is 6. The predicted octanol–water partition coefficient (Wildman–Crippen LogP) is 4.04. The lowest BCUT2D eigenvalue weighted by Gasteiger charge is -2.30. The topological polar surface area (TPSA) is 61.1 Å². The molecule has 0 radical (unpaired) electrons. The molecule has 0 fully saturated rings. The molecule has 30 heavy (non-hydrogen) atoms. The Morgan fingerprint density at radius 2 is 1.77 bits per heavy atom. The van der Waals surface area contributed by atoms with Gasteiger partial charge >= 0.3 is 5.63 Å². The van der Waals surface area contributed by atoms with Gasteiger partial charge in [0.05, 0.1) is 19.8 Å². The van der Waals surface area contributed by atoms with E-state index in [-0.39, 0.29) is 5.63 Å². The summed E-state index contributed by atoms with van der Waals surface area (Å²) in [4.78, 5) is 14.8. The highest BCUT2D eigenvalue weighted by atomic mass is 16.5. The molecule has 0 saturated heterocycles. The number of benzene rings is 2. The molecule has 1 aromatic heterocycles. The summed E-state index contributed by atoms with van der Waals surface area (Å²) >= 11 is 0. The summed E-state index contributed by atoms with van der Waals surface area (Å²) in [5.41, 5.74) is 4.54. The Hall–Kier alpha value is -2.99. The fourth-order valence-electron chi connectivity index (χ4n) is 4.60. The first kappa shape index (κ1) is 19.0. The Morgan fingerprint density at radius 1 is 0.967 bits per heavy atom. The van der Waals surface area contributed by atoms with Gasteiger partial charge in [-0.15, -0.1) is 0 Å². The van der Waals surface area contributed by atoms with Crippen LogP contribution in [0.15, 0.2) is 39.5 Å². The third-order valence-corrected chi connectivity index (χ3v) is 6.09. The van der Waals surface area contributed by atoms with Crippen LogP contribution in [0.5, 0.6) is 17.2 Å². The minimum Gasteiger partial charge on any atom is -0.493 e. The highest BCUT2D eigenvalue weighted by molar-refractivity contribution is 5.86. The van der Waals surface area contributed by atoms with E-state index in [2.05, 4.69) is 4.90 Å². The number of ether oxygens (including phenoxy) is 3. The molecule has 0 atom stereocenters. The number of rotatable bonds is 4. The van der Waals surface area contributed by atoms with Crippen molar-refractivity contribution in [2.45, 2.75) is 38.8 Å². The van der Waals surface area contributed by atoms with Crippen LogP contribution in [-0.4, -0.2) is 25.9 Å². The second-order valence-corrected chi connectivity index (χ2v) is 7.92. The Kier molecular flexibility index (Phi) is 4.87. The van der Waals surface area contributed by atoms with Crippen molar-refractivity contribution in [1.29, 1.82) is 0 Å². The summed E-state index contributed by atoms with van der Waals surface area (Å²) in [6.07, 6.45) is 3.92. The van der Waals surface area contributed by atoms with Crippen molar-refractivity contribution < 1.29 is 18.6 Å². The van der Waals surface area contributed by atoms with E-state index in [4.69, 9.17) is 18.6 Å². The van der Waals surface area contributed by atoms with Gasteiger partial charge in [0, 0.05) is 24.0 Å². The van der Waals surface area contributed by atoms with Gasteiger partial charge in [-0.1, -0.05) is 6.07 Å². The molecular weight excluding hydrogens is 382 g/mol. The SMILES string of the molecule is COc1ccc(CN2COc3ccc4c5c(c(=O)oc4c3C2)CCCC5)cc1OC. The van der Waals surface area contributed by atoms with Gasteiger partial charge in [0.1, 0.15) is 18.1 Å². The first-order valence-corrected chi connectivity index (χ1v) is 10.3. The van der Waals surface area contributed by atoms with E-state index in [0.29, 0.717) is 36.9 Å². The molecule has 1 aliphatic carbocycles. The van der Waals surface area contributed by atoms with Crippen LogP contribution in [0.1, 0.15) is 35.1 Å². The lowest BCUT2D eigenvalue weighted by molar-refractivity contribution is 0.0888. The molecule has 0 saturated carbocycles. The second-order valence-electron chi connectivity index (χ2n) is 7.92. The van der Waals surface area contributed by atoms with E-state index < -0.39 is 0 Å². The van der Waals surface area contributed by atoms with E-state index in [9.17, 15) is 4.79 Å². The Morgan fingerprint density at radius 3 is 2.57 bits per heavy atom. The van der Waals surface area contributed by atoms with Crippen LogP contribution in [0.2, 0.25) is 0 Å². The van der Waals surface area contributed by atoms with Gasteiger partial charge in [0.25, 0.3) is 0 Å². The third-order valence-electron chi connectivity index (χ3n) is 6.09. The Balaban J connectivity index is 1.49. The first-order valence-electron chi connectivity index (χ1n) is 10.3. The maximum atomic E-state index is 12.6. The largest absolute Gasteiger partial charge is 0.493 e. The quantitative estimate of drug-likeness (QED) is 0.609. The van der Waals surface area contributed by atoms with Gasteiger partial charge in [-0.2, -0.15) is 0 Å². The standard InChI is InChI=1S/C24H25NO5/c1-27-21-9-7-15(11-22(21)28-2)12-25-13-19-20(29-14-25)10-8-17-16-5-3-4-6-18(16)24(26)30-23(17)19/h7-11H,3-6,12-14H2,1-2H3. The zero-order valence-electron chi connectivity index (χ0n) is 17.3. The molecule has 6 heteroatoms. The molecule has 0 spiro atoms. The summed E-state index contributed by atoms with van der Waals surface area (Å²) in [6, 6.07) is 9.98. The molecule has 2 aliphatic rings. The van der Waals surface area contributed by atoms with Crippen LogP contribution >= 0.6 is 0 Å². The molecule has 1 aliphatic heterocycles. The molecule has 2 heterocycles. The lowest BCUT2D eigenvalue weighted by Crippen LogP contribution is -2.32. The molecule has 0 N–H and O–H groups in total. The smallest absolute Gasteiger partial charge is 0.339 e. The average Bonchev–Trinajstić information content (AvgIpc) is 2.79. The maximum Gasteiger partial charge on any atom is 0.339 e. The molecule has 2 aromatic carbocycles. The van der Waals surface area contributed by atoms with Crippen molar-refractivity contribution >= 4 is 11.0 Å². The molecule has 156 valence electrons. The van der Waals surface area contributed by atoms with E-state index in [0.717, 1.165) is 59.1 Å². The van der Waals surface area contributed by atoms with Gasteiger partial charge in [0.15, 0.2) is 11.5 Å². The van der Waals surface area contributed by atoms with Gasteiger partial charge < -0.3 is 18.6 Å². The molecule has 0 unspecified atom stereocenters. The number of nitrogens with zero attached hydrogens (tertiary/aromatic N) is 1. The predicted molar refractivity (Wildman–Crippen MR) is 113 cm³/mol. The number of hydrogen-bond donors (Lipinski definition) is 0. The summed E-state index contributed by atoms with van der Waals surface area (Å²) in [7, 11) is 3.27. The molecule has 0 bridgehead atoms. The van der Waals surface area contributed by atoms with Crippen LogP contribution in [0.25, 0.3) is 11.0 Å². The molecule has 3 aromatic rings. The van der Waals surface area contributed by atoms with Gasteiger partial charge in [-0.25, -0.2) is 4.79 Å². The van der Waals surface area contributed by atoms with E-state index >= 15 is 0 Å². The third kappa shape index (κ3) is 3.21. The zero-order valence-corrected chi connectivity index (χ0v) is 17.3. The van der Waals surface area contributed by atoms with Gasteiger partial charge in [-0.3, -0.25) is 4.90 Å². The summed E-state index contributed by atoms with van der Waals surface area (Å²) in [5, 5.41) is 1.06. The van der Waals surface area contributed by atoms with Crippen LogP contribution < -0.4 is 19.8 Å².